The highest BCUT2D eigenvalue weighted by molar-refractivity contribution is 8.51. The monoisotopic (exact) mass is 546 g/mol. The third kappa shape index (κ3) is 3.62. The molecule has 0 amide bonds. The van der Waals surface area contributed by atoms with Crippen LogP contribution in [0.5, 0.6) is 0 Å². The van der Waals surface area contributed by atoms with Gasteiger partial charge in [-0.1, -0.05) is 94.1 Å². The lowest BCUT2D eigenvalue weighted by Gasteiger charge is -2.08. The Morgan fingerprint density at radius 1 is 0.320 bits per heavy atom. The van der Waals surface area contributed by atoms with E-state index in [1.165, 1.54) is 42.0 Å². The van der Waals surface area contributed by atoms with Gasteiger partial charge in [0.1, 0.15) is 0 Å². The van der Waals surface area contributed by atoms with E-state index in [1.807, 2.05) is 141 Å². The highest BCUT2D eigenvalue weighted by atomic mass is 32.3. The van der Waals surface area contributed by atoms with Crippen molar-refractivity contribution in [3.05, 3.63) is 42.4 Å². The molecule has 0 saturated carbocycles. The van der Waals surface area contributed by atoms with Gasteiger partial charge in [-0.25, -0.2) is 0 Å². The Labute approximate surface area is 197 Å². The maximum Gasteiger partial charge on any atom is 0.0718 e. The van der Waals surface area contributed by atoms with Crippen LogP contribution in [0, 0.1) is 0 Å². The zero-order valence-corrected chi connectivity index (χ0v) is 21.8. The quantitative estimate of drug-likeness (QED) is 0.284. The summed E-state index contributed by atoms with van der Waals surface area (Å²) < 4.78 is 15.3. The van der Waals surface area contributed by atoms with E-state index < -0.39 is 0 Å². The number of rotatable bonds is 0. The van der Waals surface area contributed by atoms with E-state index in [1.54, 1.807) is 16.9 Å². The average molecular weight is 547 g/mol. The fourth-order valence-corrected chi connectivity index (χ4v) is 21.5. The molecule has 0 aromatic rings. The molecule has 0 aliphatic carbocycles. The van der Waals surface area contributed by atoms with Crippen LogP contribution in [0.3, 0.4) is 0 Å². The highest BCUT2D eigenvalue weighted by Crippen LogP contribution is 2.74. The molecule has 0 radical (unpaired) electrons. The molecule has 0 spiro atoms. The van der Waals surface area contributed by atoms with Gasteiger partial charge in [0.25, 0.3) is 0 Å². The lowest BCUT2D eigenvalue weighted by molar-refractivity contribution is 1.56. The molecule has 6 rings (SSSR count). The lowest BCUT2D eigenvalue weighted by atomic mass is 11.0. The van der Waals surface area contributed by atoms with E-state index in [0.29, 0.717) is 0 Å². The minimum Gasteiger partial charge on any atom is -0.116 e. The van der Waals surface area contributed by atoms with E-state index in [-0.39, 0.29) is 0 Å². The van der Waals surface area contributed by atoms with Gasteiger partial charge in [0.05, 0.1) is 42.4 Å². The van der Waals surface area contributed by atoms with Crippen LogP contribution in [0.15, 0.2) is 42.4 Å². The first-order valence-electron chi connectivity index (χ1n) is 6.99. The third-order valence-corrected chi connectivity index (χ3v) is 21.4. The topological polar surface area (TPSA) is 0 Å². The summed E-state index contributed by atoms with van der Waals surface area (Å²) in [5, 5.41) is 1.20. The third-order valence-electron chi connectivity index (χ3n) is 3.25. The molecule has 0 atom stereocenters. The minimum absolute atomic E-state index is 1.20. The van der Waals surface area contributed by atoms with Crippen LogP contribution >= 0.6 is 141 Å². The molecule has 0 nitrogen and oxygen atoms in total. The van der Waals surface area contributed by atoms with E-state index in [4.69, 9.17) is 0 Å². The smallest absolute Gasteiger partial charge is 0.0718 e. The Morgan fingerprint density at radius 3 is 0.960 bits per heavy atom. The van der Waals surface area contributed by atoms with E-state index in [2.05, 4.69) is 0 Å². The molecular formula is C13H6S12. The van der Waals surface area contributed by atoms with Gasteiger partial charge < -0.3 is 0 Å². The Balaban J connectivity index is 1.16. The molecule has 0 bridgehead atoms. The normalized spacial score (nSPS) is 28.8. The largest absolute Gasteiger partial charge is 0.116 e. The summed E-state index contributed by atoms with van der Waals surface area (Å²) >= 11 is 24.2. The highest BCUT2D eigenvalue weighted by Gasteiger charge is 2.38. The summed E-state index contributed by atoms with van der Waals surface area (Å²) in [4.78, 5) is 0. The second-order valence-electron chi connectivity index (χ2n) is 4.79. The van der Waals surface area contributed by atoms with Crippen LogP contribution in [0.2, 0.25) is 0 Å². The molecule has 25 heavy (non-hydrogen) atoms. The van der Waals surface area contributed by atoms with Gasteiger partial charge in [-0.2, -0.15) is 0 Å². The van der Waals surface area contributed by atoms with Crippen LogP contribution in [0.25, 0.3) is 0 Å². The van der Waals surface area contributed by atoms with Crippen molar-refractivity contribution in [2.45, 2.75) is 0 Å². The SMILES string of the molecule is C1CSC2=C(S1)SC(=C1SC3=C(S1)SC(=C1SC4=C(SCS4)S1)S3)S2. The van der Waals surface area contributed by atoms with Gasteiger partial charge in [0.2, 0.25) is 0 Å². The molecule has 6 heterocycles. The molecule has 0 aromatic carbocycles. The van der Waals surface area contributed by atoms with E-state index in [0.717, 1.165) is 0 Å². The Kier molecular flexibility index (Phi) is 5.87. The maximum atomic E-state index is 2.05. The molecule has 0 aromatic heterocycles. The summed E-state index contributed by atoms with van der Waals surface area (Å²) in [7, 11) is 0. The molecule has 6 aliphatic rings. The average Bonchev–Trinajstić information content (AvgIpc) is 3.36. The second-order valence-corrected chi connectivity index (χ2v) is 20.1. The van der Waals surface area contributed by atoms with Crippen LogP contribution in [0.1, 0.15) is 0 Å². The molecule has 0 saturated heterocycles. The fraction of sp³-hybridized carbons (Fsp3) is 0.231. The van der Waals surface area contributed by atoms with Crippen molar-refractivity contribution in [2.24, 2.45) is 0 Å². The van der Waals surface area contributed by atoms with Gasteiger partial charge in [0, 0.05) is 16.6 Å². The Hall–Kier alpha value is 2.90. The second kappa shape index (κ2) is 7.86. The summed E-state index contributed by atoms with van der Waals surface area (Å²) in [6.45, 7) is 0. The van der Waals surface area contributed by atoms with E-state index in [9.17, 15) is 0 Å². The number of hydrogen-bond donors (Lipinski definition) is 0. The summed E-state index contributed by atoms with van der Waals surface area (Å²) in [6.07, 6.45) is 0. The van der Waals surface area contributed by atoms with Gasteiger partial charge in [-0.05, 0) is 0 Å². The van der Waals surface area contributed by atoms with Gasteiger partial charge >= 0.3 is 0 Å². The fourth-order valence-electron chi connectivity index (χ4n) is 2.22. The zero-order chi connectivity index (χ0) is 16.4. The predicted molar refractivity (Wildman–Crippen MR) is 141 cm³/mol. The first-order valence-corrected chi connectivity index (χ1v) is 17.5. The van der Waals surface area contributed by atoms with Gasteiger partial charge in [-0.3, -0.25) is 0 Å². The molecule has 6 aliphatic heterocycles. The van der Waals surface area contributed by atoms with Crippen LogP contribution in [0.4, 0.5) is 0 Å². The van der Waals surface area contributed by atoms with Crippen molar-refractivity contribution in [1.82, 2.24) is 0 Å². The first kappa shape index (κ1) is 18.7. The molecule has 130 valence electrons. The minimum atomic E-state index is 1.20. The van der Waals surface area contributed by atoms with Crippen molar-refractivity contribution in [1.29, 1.82) is 0 Å². The van der Waals surface area contributed by atoms with Crippen molar-refractivity contribution in [3.8, 4) is 0 Å². The molecule has 0 unspecified atom stereocenters. The predicted octanol–water partition coefficient (Wildman–Crippen LogP) is 9.46. The van der Waals surface area contributed by atoms with Crippen molar-refractivity contribution >= 4 is 141 Å². The van der Waals surface area contributed by atoms with Crippen molar-refractivity contribution in [2.75, 3.05) is 16.6 Å². The summed E-state index contributed by atoms with van der Waals surface area (Å²) in [6, 6.07) is 0. The molecular weight excluding hydrogens is 541 g/mol. The van der Waals surface area contributed by atoms with Crippen LogP contribution < -0.4 is 0 Å². The van der Waals surface area contributed by atoms with Crippen molar-refractivity contribution < 1.29 is 0 Å². The lowest BCUT2D eigenvalue weighted by Crippen LogP contribution is -1.88. The summed E-state index contributed by atoms with van der Waals surface area (Å²) in [5.41, 5.74) is 0. The molecule has 0 N–H and O–H groups in total. The van der Waals surface area contributed by atoms with Gasteiger partial charge in [0.15, 0.2) is 0 Å². The first-order chi connectivity index (χ1) is 12.3. The molecule has 12 heteroatoms. The number of hydrogen-bond acceptors (Lipinski definition) is 12. The zero-order valence-electron chi connectivity index (χ0n) is 12.0. The molecule has 0 fully saturated rings. The maximum absolute atomic E-state index is 2.05. The summed E-state index contributed by atoms with van der Waals surface area (Å²) in [5.74, 6) is 2.53. The van der Waals surface area contributed by atoms with Gasteiger partial charge in [-0.15, -0.1) is 47.0 Å². The standard InChI is InChI=1S/C13H6S12/c1-2-15-5-4(14-1)18-8(19-5)10-22-12-13(23-10)25-11(24-12)9-20-6-7(21-9)17-3-16-6/h1-3H2. The van der Waals surface area contributed by atoms with Crippen molar-refractivity contribution in [3.63, 3.8) is 0 Å². The number of thioether (sulfide) groups is 12. The Bertz CT molecular complexity index is 783. The van der Waals surface area contributed by atoms with Crippen LogP contribution in [-0.2, 0) is 0 Å². The Morgan fingerprint density at radius 2 is 0.600 bits per heavy atom. The van der Waals surface area contributed by atoms with E-state index >= 15 is 0 Å². The van der Waals surface area contributed by atoms with Crippen LogP contribution in [-0.4, -0.2) is 16.6 Å².